The zero-order valence-corrected chi connectivity index (χ0v) is 12.7. The van der Waals surface area contributed by atoms with Gasteiger partial charge in [-0.2, -0.15) is 5.26 Å². The number of hydrogen-bond donors (Lipinski definition) is 1. The van der Waals surface area contributed by atoms with E-state index < -0.39 is 5.41 Å². The minimum Gasteiger partial charge on any atom is -0.323 e. The Labute approximate surface area is 129 Å². The van der Waals surface area contributed by atoms with Gasteiger partial charge < -0.3 is 5.32 Å². The summed E-state index contributed by atoms with van der Waals surface area (Å²) < 4.78 is 0. The molecule has 1 fully saturated rings. The van der Waals surface area contributed by atoms with Crippen molar-refractivity contribution in [3.8, 4) is 6.07 Å². The van der Waals surface area contributed by atoms with E-state index in [0.717, 1.165) is 19.3 Å². The van der Waals surface area contributed by atoms with Gasteiger partial charge in [-0.3, -0.25) is 9.59 Å². The third kappa shape index (κ3) is 3.25. The molecule has 1 saturated carbocycles. The summed E-state index contributed by atoms with van der Waals surface area (Å²) in [6.07, 6.45) is 3.94. The maximum absolute atomic E-state index is 12.5. The Balaban J connectivity index is 2.25. The van der Waals surface area contributed by atoms with Crippen LogP contribution in [0.2, 0.25) is 5.02 Å². The number of nitrogens with one attached hydrogen (secondary N) is 1. The van der Waals surface area contributed by atoms with Crippen LogP contribution in [0.5, 0.6) is 0 Å². The average Bonchev–Trinajstić information content (AvgIpc) is 2.49. The van der Waals surface area contributed by atoms with E-state index in [4.69, 9.17) is 11.6 Å². The monoisotopic (exact) mass is 304 g/mol. The molecule has 21 heavy (non-hydrogen) atoms. The molecule has 110 valence electrons. The second-order valence-corrected chi connectivity index (χ2v) is 5.87. The van der Waals surface area contributed by atoms with Crippen molar-refractivity contribution >= 4 is 29.0 Å². The Kier molecular flexibility index (Phi) is 4.64. The third-order valence-electron chi connectivity index (χ3n) is 3.98. The van der Waals surface area contributed by atoms with Gasteiger partial charge in [-0.05, 0) is 38.0 Å². The molecule has 0 heterocycles. The van der Waals surface area contributed by atoms with Crippen molar-refractivity contribution in [2.75, 3.05) is 5.32 Å². The van der Waals surface area contributed by atoms with Crippen molar-refractivity contribution < 1.29 is 9.59 Å². The topological polar surface area (TPSA) is 70.0 Å². The van der Waals surface area contributed by atoms with Gasteiger partial charge in [0.05, 0.1) is 16.8 Å². The van der Waals surface area contributed by atoms with Crippen molar-refractivity contribution in [2.24, 2.45) is 5.41 Å². The van der Waals surface area contributed by atoms with Gasteiger partial charge in [0.15, 0.2) is 5.78 Å². The summed E-state index contributed by atoms with van der Waals surface area (Å²) in [7, 11) is 0. The quantitative estimate of drug-likeness (QED) is 0.859. The average molecular weight is 305 g/mol. The van der Waals surface area contributed by atoms with Crippen molar-refractivity contribution in [3.05, 3.63) is 28.8 Å². The molecule has 2 rings (SSSR count). The fourth-order valence-corrected chi connectivity index (χ4v) is 2.79. The van der Waals surface area contributed by atoms with E-state index in [1.807, 2.05) is 0 Å². The number of Topliss-reactive ketones (excluding diaryl/α,β-unsaturated/α-hetero) is 1. The molecule has 0 spiro atoms. The molecule has 1 aliphatic carbocycles. The Morgan fingerprint density at radius 3 is 2.52 bits per heavy atom. The van der Waals surface area contributed by atoms with Crippen LogP contribution in [0.4, 0.5) is 5.69 Å². The molecule has 5 heteroatoms. The SMILES string of the molecule is CC(=O)c1ccc(Cl)c(NC(=O)C2(C#N)CCCCC2)c1. The number of benzene rings is 1. The first kappa shape index (κ1) is 15.5. The van der Waals surface area contributed by atoms with Gasteiger partial charge in [0.1, 0.15) is 5.41 Å². The van der Waals surface area contributed by atoms with Crippen LogP contribution >= 0.6 is 11.6 Å². The Bertz CT molecular complexity index is 613. The molecule has 0 aliphatic heterocycles. The van der Waals surface area contributed by atoms with Gasteiger partial charge in [0.25, 0.3) is 0 Å². The maximum atomic E-state index is 12.5. The predicted molar refractivity (Wildman–Crippen MR) is 81.2 cm³/mol. The molecule has 1 N–H and O–H groups in total. The van der Waals surface area contributed by atoms with Crippen LogP contribution in [0.25, 0.3) is 0 Å². The number of amides is 1. The molecule has 0 unspecified atom stereocenters. The highest BCUT2D eigenvalue weighted by atomic mass is 35.5. The maximum Gasteiger partial charge on any atom is 0.244 e. The normalized spacial score (nSPS) is 16.8. The number of ketones is 1. The zero-order chi connectivity index (χ0) is 15.5. The molecule has 4 nitrogen and oxygen atoms in total. The van der Waals surface area contributed by atoms with E-state index in [1.165, 1.54) is 6.92 Å². The number of carbonyl (C=O) groups excluding carboxylic acids is 2. The minimum absolute atomic E-state index is 0.102. The van der Waals surface area contributed by atoms with Gasteiger partial charge in [0, 0.05) is 5.56 Å². The minimum atomic E-state index is -0.978. The number of carbonyl (C=O) groups is 2. The van der Waals surface area contributed by atoms with Gasteiger partial charge in [-0.1, -0.05) is 30.9 Å². The van der Waals surface area contributed by atoms with Crippen LogP contribution in [0, 0.1) is 16.7 Å². The molecule has 1 aliphatic rings. The molecule has 0 radical (unpaired) electrons. The van der Waals surface area contributed by atoms with E-state index in [-0.39, 0.29) is 11.7 Å². The van der Waals surface area contributed by atoms with Gasteiger partial charge in [-0.15, -0.1) is 0 Å². The van der Waals surface area contributed by atoms with E-state index in [2.05, 4.69) is 11.4 Å². The first-order chi connectivity index (χ1) is 9.98. The lowest BCUT2D eigenvalue weighted by atomic mass is 9.74. The summed E-state index contributed by atoms with van der Waals surface area (Å²) in [6, 6.07) is 6.91. The van der Waals surface area contributed by atoms with Crippen molar-refractivity contribution in [1.82, 2.24) is 0 Å². The van der Waals surface area contributed by atoms with E-state index in [0.29, 0.717) is 29.1 Å². The Morgan fingerprint density at radius 1 is 1.29 bits per heavy atom. The van der Waals surface area contributed by atoms with Crippen LogP contribution < -0.4 is 5.32 Å². The number of nitriles is 1. The number of hydrogen-bond acceptors (Lipinski definition) is 3. The van der Waals surface area contributed by atoms with Crippen LogP contribution in [-0.2, 0) is 4.79 Å². The highest BCUT2D eigenvalue weighted by Gasteiger charge is 2.40. The zero-order valence-electron chi connectivity index (χ0n) is 11.9. The second kappa shape index (κ2) is 6.28. The summed E-state index contributed by atoms with van der Waals surface area (Å²) in [5.41, 5.74) is -0.118. The highest BCUT2D eigenvalue weighted by Crippen LogP contribution is 2.37. The molecule has 1 amide bonds. The molecule has 1 aromatic rings. The summed E-state index contributed by atoms with van der Waals surface area (Å²) in [5, 5.41) is 12.5. The van der Waals surface area contributed by atoms with Crippen molar-refractivity contribution in [3.63, 3.8) is 0 Å². The molecule has 0 aromatic heterocycles. The highest BCUT2D eigenvalue weighted by molar-refractivity contribution is 6.34. The largest absolute Gasteiger partial charge is 0.323 e. The van der Waals surface area contributed by atoms with Gasteiger partial charge in [0.2, 0.25) is 5.91 Å². The van der Waals surface area contributed by atoms with Crippen molar-refractivity contribution in [2.45, 2.75) is 39.0 Å². The number of halogens is 1. The summed E-state index contributed by atoms with van der Waals surface area (Å²) in [5.74, 6) is -0.429. The van der Waals surface area contributed by atoms with Crippen LogP contribution in [0.3, 0.4) is 0 Å². The molecular weight excluding hydrogens is 288 g/mol. The summed E-state index contributed by atoms with van der Waals surface area (Å²) >= 11 is 6.06. The van der Waals surface area contributed by atoms with Crippen molar-refractivity contribution in [1.29, 1.82) is 5.26 Å². The molecule has 0 atom stereocenters. The smallest absolute Gasteiger partial charge is 0.244 e. The van der Waals surface area contributed by atoms with E-state index in [1.54, 1.807) is 18.2 Å². The molecule has 1 aromatic carbocycles. The number of nitrogens with zero attached hydrogens (tertiary/aromatic N) is 1. The van der Waals surface area contributed by atoms with Crippen LogP contribution in [0.15, 0.2) is 18.2 Å². The lowest BCUT2D eigenvalue weighted by molar-refractivity contribution is -0.124. The standard InChI is InChI=1S/C16H17ClN2O2/c1-11(20)12-5-6-13(17)14(9-12)19-15(21)16(10-18)7-3-2-4-8-16/h5-6,9H,2-4,7-8H2,1H3,(H,19,21). The fourth-order valence-electron chi connectivity index (χ4n) is 2.63. The lowest BCUT2D eigenvalue weighted by Crippen LogP contribution is -2.36. The molecular formula is C16H17ClN2O2. The summed E-state index contributed by atoms with van der Waals surface area (Å²) in [4.78, 5) is 23.9. The Morgan fingerprint density at radius 2 is 1.95 bits per heavy atom. The fraction of sp³-hybridized carbons (Fsp3) is 0.438. The molecule has 0 bridgehead atoms. The van der Waals surface area contributed by atoms with E-state index in [9.17, 15) is 14.9 Å². The van der Waals surface area contributed by atoms with Crippen LogP contribution in [0.1, 0.15) is 49.4 Å². The predicted octanol–water partition coefficient (Wildman–Crippen LogP) is 3.96. The first-order valence-corrected chi connectivity index (χ1v) is 7.39. The lowest BCUT2D eigenvalue weighted by Gasteiger charge is -2.29. The molecule has 0 saturated heterocycles. The van der Waals surface area contributed by atoms with Gasteiger partial charge in [-0.25, -0.2) is 0 Å². The summed E-state index contributed by atoms with van der Waals surface area (Å²) in [6.45, 7) is 1.45. The van der Waals surface area contributed by atoms with E-state index >= 15 is 0 Å². The number of rotatable bonds is 3. The van der Waals surface area contributed by atoms with Gasteiger partial charge >= 0.3 is 0 Å². The third-order valence-corrected chi connectivity index (χ3v) is 4.31. The second-order valence-electron chi connectivity index (χ2n) is 5.46. The Hall–Kier alpha value is -1.86. The first-order valence-electron chi connectivity index (χ1n) is 7.02. The van der Waals surface area contributed by atoms with Crippen LogP contribution in [-0.4, -0.2) is 11.7 Å². The number of anilines is 1.